The molecule has 6 aromatic rings. The van der Waals surface area contributed by atoms with Crippen molar-refractivity contribution in [2.75, 3.05) is 0 Å². The normalized spacial score (nSPS) is 17.3. The van der Waals surface area contributed by atoms with Crippen LogP contribution in [0.15, 0.2) is 77.2 Å². The van der Waals surface area contributed by atoms with Crippen molar-refractivity contribution in [3.05, 3.63) is 72.8 Å². The molecule has 0 radical (unpaired) electrons. The number of nitrogens with zero attached hydrogens (tertiary/aromatic N) is 1. The largest absolute Gasteiger partial charge is 0.496 e. The van der Waals surface area contributed by atoms with Gasteiger partial charge in [-0.25, -0.2) is 4.98 Å². The summed E-state index contributed by atoms with van der Waals surface area (Å²) in [5, 5.41) is 4.63. The van der Waals surface area contributed by atoms with E-state index in [1.807, 2.05) is 36.4 Å². The van der Waals surface area contributed by atoms with Crippen LogP contribution in [0.25, 0.3) is 53.5 Å². The van der Waals surface area contributed by atoms with E-state index in [2.05, 4.69) is 64.1 Å². The van der Waals surface area contributed by atoms with Crippen LogP contribution in [0.3, 0.4) is 0 Å². The maximum absolute atomic E-state index is 6.42. The third kappa shape index (κ3) is 3.04. The molecule has 172 valence electrons. The van der Waals surface area contributed by atoms with E-state index >= 15 is 0 Å². The predicted molar refractivity (Wildman–Crippen MR) is 146 cm³/mol. The topological polar surface area (TPSA) is 44.5 Å². The van der Waals surface area contributed by atoms with Crippen molar-refractivity contribution in [3.63, 3.8) is 0 Å². The van der Waals surface area contributed by atoms with Crippen LogP contribution in [0.1, 0.15) is 27.7 Å². The standard InChI is InChI=1S/C29H24BNO3S/c1-28(2)29(3,4)34-30(33-28)20-12-8-11-19-24-22(35-26(19)20)16-14-17-13-15-21-25(23(17)24)32-27(31-21)18-9-6-5-7-10-18/h5-16H,1-4H3. The van der Waals surface area contributed by atoms with Gasteiger partial charge >= 0.3 is 7.12 Å². The Morgan fingerprint density at radius 3 is 2.29 bits per heavy atom. The number of fused-ring (bicyclic) bond motifs is 7. The highest BCUT2D eigenvalue weighted by Crippen LogP contribution is 2.43. The second kappa shape index (κ2) is 7.17. The zero-order valence-electron chi connectivity index (χ0n) is 20.1. The number of oxazole rings is 1. The zero-order valence-corrected chi connectivity index (χ0v) is 20.9. The minimum Gasteiger partial charge on any atom is -0.435 e. The highest BCUT2D eigenvalue weighted by Gasteiger charge is 2.52. The molecule has 0 aliphatic carbocycles. The second-order valence-corrected chi connectivity index (χ2v) is 11.3. The number of hydrogen-bond donors (Lipinski definition) is 0. The first-order valence-corrected chi connectivity index (χ1v) is 12.7. The average molecular weight is 477 g/mol. The molecule has 0 bridgehead atoms. The Morgan fingerprint density at radius 2 is 1.51 bits per heavy atom. The number of benzene rings is 4. The highest BCUT2D eigenvalue weighted by atomic mass is 32.1. The lowest BCUT2D eigenvalue weighted by atomic mass is 9.78. The summed E-state index contributed by atoms with van der Waals surface area (Å²) in [5.41, 5.74) is 2.97. The van der Waals surface area contributed by atoms with Crippen LogP contribution in [-0.4, -0.2) is 23.3 Å². The minimum absolute atomic E-state index is 0.386. The lowest BCUT2D eigenvalue weighted by Crippen LogP contribution is -2.41. The van der Waals surface area contributed by atoms with E-state index in [-0.39, 0.29) is 11.2 Å². The van der Waals surface area contributed by atoms with Crippen molar-refractivity contribution in [1.82, 2.24) is 4.98 Å². The molecule has 3 heterocycles. The monoisotopic (exact) mass is 477 g/mol. The number of aromatic nitrogens is 1. The fourth-order valence-corrected chi connectivity index (χ4v) is 6.20. The van der Waals surface area contributed by atoms with Gasteiger partial charge in [0.25, 0.3) is 0 Å². The third-order valence-electron chi connectivity index (χ3n) is 7.56. The summed E-state index contributed by atoms with van der Waals surface area (Å²) in [6, 6.07) is 25.0. The summed E-state index contributed by atoms with van der Waals surface area (Å²) in [4.78, 5) is 4.81. The molecule has 1 fully saturated rings. The molecule has 0 N–H and O–H groups in total. The van der Waals surface area contributed by atoms with Crippen molar-refractivity contribution in [2.24, 2.45) is 0 Å². The van der Waals surface area contributed by atoms with E-state index in [9.17, 15) is 0 Å². The highest BCUT2D eigenvalue weighted by molar-refractivity contribution is 7.27. The first-order valence-electron chi connectivity index (χ1n) is 11.9. The van der Waals surface area contributed by atoms with E-state index < -0.39 is 7.12 Å². The van der Waals surface area contributed by atoms with Crippen LogP contribution in [0.4, 0.5) is 0 Å². The van der Waals surface area contributed by atoms with Crippen LogP contribution in [0.5, 0.6) is 0 Å². The van der Waals surface area contributed by atoms with Crippen LogP contribution in [0, 0.1) is 0 Å². The van der Waals surface area contributed by atoms with Gasteiger partial charge in [-0.2, -0.15) is 0 Å². The van der Waals surface area contributed by atoms with Crippen LogP contribution in [-0.2, 0) is 9.31 Å². The molecule has 1 aliphatic rings. The van der Waals surface area contributed by atoms with E-state index in [4.69, 9.17) is 18.7 Å². The smallest absolute Gasteiger partial charge is 0.435 e. The third-order valence-corrected chi connectivity index (χ3v) is 8.78. The maximum Gasteiger partial charge on any atom is 0.496 e. The first-order chi connectivity index (χ1) is 16.8. The van der Waals surface area contributed by atoms with E-state index in [1.165, 1.54) is 20.2 Å². The van der Waals surface area contributed by atoms with Gasteiger partial charge in [0.05, 0.1) is 11.2 Å². The SMILES string of the molecule is CC1(C)OB(c2cccc3c2sc2ccc4ccc5nc(-c6ccccc6)oc5c4c23)OC1(C)C. The molecule has 6 heteroatoms. The summed E-state index contributed by atoms with van der Waals surface area (Å²) in [7, 11) is -0.405. The Bertz CT molecular complexity index is 1750. The predicted octanol–water partition coefficient (Wildman–Crippen LogP) is 7.32. The van der Waals surface area contributed by atoms with Gasteiger partial charge in [-0.3, -0.25) is 0 Å². The van der Waals surface area contributed by atoms with Crippen molar-refractivity contribution < 1.29 is 13.7 Å². The molecule has 7 rings (SSSR count). The van der Waals surface area contributed by atoms with Crippen molar-refractivity contribution >= 4 is 66.0 Å². The molecule has 2 aromatic heterocycles. The minimum atomic E-state index is -0.405. The van der Waals surface area contributed by atoms with Crippen LogP contribution in [0.2, 0.25) is 0 Å². The summed E-state index contributed by atoms with van der Waals surface area (Å²) < 4.78 is 21.7. The molecule has 35 heavy (non-hydrogen) atoms. The lowest BCUT2D eigenvalue weighted by molar-refractivity contribution is 0.00578. The molecule has 1 aliphatic heterocycles. The molecule has 0 atom stereocenters. The quantitative estimate of drug-likeness (QED) is 0.245. The number of thiophene rings is 1. The Hall–Kier alpha value is -3.19. The van der Waals surface area contributed by atoms with Gasteiger partial charge in [0.2, 0.25) is 5.89 Å². The zero-order chi connectivity index (χ0) is 23.9. The van der Waals surface area contributed by atoms with Gasteiger partial charge in [0, 0.05) is 36.6 Å². The van der Waals surface area contributed by atoms with E-state index in [0.717, 1.165) is 32.9 Å². The average Bonchev–Trinajstić information content (AvgIpc) is 3.50. The van der Waals surface area contributed by atoms with E-state index in [0.29, 0.717) is 5.89 Å². The Morgan fingerprint density at radius 1 is 0.771 bits per heavy atom. The molecular weight excluding hydrogens is 453 g/mol. The van der Waals surface area contributed by atoms with Gasteiger partial charge in [-0.15, -0.1) is 11.3 Å². The molecule has 1 saturated heterocycles. The van der Waals surface area contributed by atoms with Crippen LogP contribution >= 0.6 is 11.3 Å². The van der Waals surface area contributed by atoms with Gasteiger partial charge in [0.15, 0.2) is 5.58 Å². The van der Waals surface area contributed by atoms with Crippen molar-refractivity contribution in [1.29, 1.82) is 0 Å². The Labute approximate surface area is 207 Å². The van der Waals surface area contributed by atoms with Crippen LogP contribution < -0.4 is 5.46 Å². The summed E-state index contributed by atoms with van der Waals surface area (Å²) in [6.45, 7) is 8.38. The first kappa shape index (κ1) is 21.1. The van der Waals surface area contributed by atoms with Crippen molar-refractivity contribution in [2.45, 2.75) is 38.9 Å². The molecule has 4 nitrogen and oxygen atoms in total. The lowest BCUT2D eigenvalue weighted by Gasteiger charge is -2.32. The molecular formula is C29H24BNO3S. The van der Waals surface area contributed by atoms with E-state index in [1.54, 1.807) is 11.3 Å². The van der Waals surface area contributed by atoms with Gasteiger partial charge in [-0.05, 0) is 57.3 Å². The number of rotatable bonds is 2. The molecule has 0 amide bonds. The van der Waals surface area contributed by atoms with Gasteiger partial charge in [0.1, 0.15) is 5.52 Å². The number of hydrogen-bond acceptors (Lipinski definition) is 5. The summed E-state index contributed by atoms with van der Waals surface area (Å²) >= 11 is 1.78. The summed E-state index contributed by atoms with van der Waals surface area (Å²) in [5.74, 6) is 0.641. The molecule has 0 spiro atoms. The van der Waals surface area contributed by atoms with Gasteiger partial charge < -0.3 is 13.7 Å². The fourth-order valence-electron chi connectivity index (χ4n) is 4.96. The second-order valence-electron chi connectivity index (χ2n) is 10.2. The fraction of sp³-hybridized carbons (Fsp3) is 0.207. The molecule has 4 aromatic carbocycles. The van der Waals surface area contributed by atoms with Gasteiger partial charge in [-0.1, -0.05) is 48.5 Å². The molecule has 0 saturated carbocycles. The molecule has 0 unspecified atom stereocenters. The Balaban J connectivity index is 1.50. The summed E-state index contributed by atoms with van der Waals surface area (Å²) in [6.07, 6.45) is 0. The maximum atomic E-state index is 6.42. The van der Waals surface area contributed by atoms with Crippen molar-refractivity contribution in [3.8, 4) is 11.5 Å². The Kier molecular flexibility index (Phi) is 4.33.